The molecule has 0 fully saturated rings. The lowest BCUT2D eigenvalue weighted by atomic mass is 10.2. The molecule has 20 heavy (non-hydrogen) atoms. The zero-order valence-electron chi connectivity index (χ0n) is 12.0. The van der Waals surface area contributed by atoms with E-state index in [9.17, 15) is 9.59 Å². The van der Waals surface area contributed by atoms with Crippen LogP contribution in [-0.2, 0) is 19.1 Å². The molecule has 0 aromatic carbocycles. The van der Waals surface area contributed by atoms with E-state index in [1.165, 1.54) is 0 Å². The quantitative estimate of drug-likeness (QED) is 0.312. The summed E-state index contributed by atoms with van der Waals surface area (Å²) in [5, 5.41) is 0. The van der Waals surface area contributed by atoms with E-state index in [4.69, 9.17) is 9.47 Å². The number of rotatable bonds is 12. The maximum absolute atomic E-state index is 11.2. The van der Waals surface area contributed by atoms with E-state index >= 15 is 0 Å². The van der Waals surface area contributed by atoms with Crippen LogP contribution in [0.15, 0.2) is 37.5 Å². The van der Waals surface area contributed by atoms with Crippen LogP contribution >= 0.6 is 0 Å². The minimum atomic E-state index is -0.216. The van der Waals surface area contributed by atoms with E-state index in [1.807, 2.05) is 6.08 Å². The first kappa shape index (κ1) is 18.2. The molecule has 0 heterocycles. The molecule has 0 atom stereocenters. The number of carbonyl (C=O) groups is 2. The normalized spacial score (nSPS) is 10.2. The van der Waals surface area contributed by atoms with Crippen LogP contribution in [0.4, 0.5) is 0 Å². The Hall–Kier alpha value is -1.84. The first-order valence-corrected chi connectivity index (χ1v) is 6.88. The molecule has 0 aliphatic rings. The largest absolute Gasteiger partial charge is 0.461 e. The summed E-state index contributed by atoms with van der Waals surface area (Å²) in [6, 6.07) is 0. The monoisotopic (exact) mass is 280 g/mol. The Kier molecular flexibility index (Phi) is 12.3. The van der Waals surface area contributed by atoms with Gasteiger partial charge in [-0.3, -0.25) is 9.59 Å². The molecular weight excluding hydrogens is 256 g/mol. The van der Waals surface area contributed by atoms with Gasteiger partial charge in [-0.05, 0) is 25.7 Å². The number of esters is 2. The van der Waals surface area contributed by atoms with Gasteiger partial charge in [0, 0.05) is 12.8 Å². The van der Waals surface area contributed by atoms with Crippen LogP contribution in [0.25, 0.3) is 0 Å². The smallest absolute Gasteiger partial charge is 0.306 e. The van der Waals surface area contributed by atoms with Gasteiger partial charge in [0.25, 0.3) is 0 Å². The third kappa shape index (κ3) is 12.6. The van der Waals surface area contributed by atoms with E-state index in [-0.39, 0.29) is 25.2 Å². The van der Waals surface area contributed by atoms with Crippen LogP contribution < -0.4 is 0 Å². The van der Waals surface area contributed by atoms with Crippen LogP contribution in [0.3, 0.4) is 0 Å². The average molecular weight is 280 g/mol. The lowest BCUT2D eigenvalue weighted by Gasteiger charge is -2.01. The van der Waals surface area contributed by atoms with Gasteiger partial charge in [-0.25, -0.2) is 0 Å². The van der Waals surface area contributed by atoms with E-state index in [0.29, 0.717) is 12.8 Å². The van der Waals surface area contributed by atoms with Gasteiger partial charge in [0.05, 0.1) is 0 Å². The lowest BCUT2D eigenvalue weighted by Crippen LogP contribution is -2.04. The Morgan fingerprint density at radius 2 is 1.40 bits per heavy atom. The molecule has 0 saturated carbocycles. The minimum absolute atomic E-state index is 0.190. The van der Waals surface area contributed by atoms with Gasteiger partial charge in [0.1, 0.15) is 13.2 Å². The second-order valence-corrected chi connectivity index (χ2v) is 4.20. The van der Waals surface area contributed by atoms with Crippen molar-refractivity contribution < 1.29 is 19.1 Å². The summed E-state index contributed by atoms with van der Waals surface area (Å²) in [4.78, 5) is 22.4. The Bertz CT molecular complexity index is 331. The van der Waals surface area contributed by atoms with Crippen molar-refractivity contribution in [3.63, 3.8) is 0 Å². The second kappa shape index (κ2) is 13.6. The molecule has 0 rings (SSSR count). The average Bonchev–Trinajstić information content (AvgIpc) is 2.44. The molecule has 0 aromatic heterocycles. The molecule has 4 nitrogen and oxygen atoms in total. The first-order chi connectivity index (χ1) is 9.70. The zero-order chi connectivity index (χ0) is 15.1. The third-order valence-electron chi connectivity index (χ3n) is 2.41. The van der Waals surface area contributed by atoms with Gasteiger partial charge in [-0.1, -0.05) is 30.9 Å². The number of hydrogen-bond donors (Lipinski definition) is 0. The van der Waals surface area contributed by atoms with Gasteiger partial charge >= 0.3 is 11.9 Å². The van der Waals surface area contributed by atoms with Crippen molar-refractivity contribution in [3.05, 3.63) is 37.5 Å². The molecule has 0 aromatic rings. The Balaban J connectivity index is 3.43. The number of hydrogen-bond acceptors (Lipinski definition) is 4. The molecule has 0 aliphatic heterocycles. The molecular formula is C16H24O4. The van der Waals surface area contributed by atoms with Gasteiger partial charge in [0.15, 0.2) is 0 Å². The highest BCUT2D eigenvalue weighted by Gasteiger charge is 2.00. The van der Waals surface area contributed by atoms with E-state index in [1.54, 1.807) is 18.2 Å². The summed E-state index contributed by atoms with van der Waals surface area (Å²) in [6.45, 7) is 7.60. The summed E-state index contributed by atoms with van der Waals surface area (Å²) in [5.41, 5.74) is 0. The maximum Gasteiger partial charge on any atom is 0.306 e. The van der Waals surface area contributed by atoms with E-state index < -0.39 is 0 Å². The standard InChI is InChI=1S/C16H24O4/c1-3-5-8-11-16(18)20-14-10-7-6-9-12-15(17)19-13-4-2/h3-4,7,10H,1-2,5-6,8-9,11-14H2/b10-7+. The molecule has 112 valence electrons. The maximum atomic E-state index is 11.2. The van der Waals surface area contributed by atoms with Crippen molar-refractivity contribution in [1.82, 2.24) is 0 Å². The van der Waals surface area contributed by atoms with Crippen molar-refractivity contribution in [3.8, 4) is 0 Å². The summed E-state index contributed by atoms with van der Waals surface area (Å²) >= 11 is 0. The summed E-state index contributed by atoms with van der Waals surface area (Å²) in [6.07, 6.45) is 10.9. The van der Waals surface area contributed by atoms with Crippen molar-refractivity contribution in [2.24, 2.45) is 0 Å². The van der Waals surface area contributed by atoms with Gasteiger partial charge < -0.3 is 9.47 Å². The van der Waals surface area contributed by atoms with Crippen molar-refractivity contribution in [2.75, 3.05) is 13.2 Å². The molecule has 0 radical (unpaired) electrons. The van der Waals surface area contributed by atoms with E-state index in [2.05, 4.69) is 13.2 Å². The summed E-state index contributed by atoms with van der Waals surface area (Å²) in [7, 11) is 0. The number of ether oxygens (including phenoxy) is 2. The SMILES string of the molecule is C=CCCCC(=O)OC/C=C/CCCC(=O)OCC=C. The third-order valence-corrected chi connectivity index (χ3v) is 2.41. The molecule has 4 heteroatoms. The fourth-order valence-corrected chi connectivity index (χ4v) is 1.38. The predicted octanol–water partition coefficient (Wildman–Crippen LogP) is 3.34. The number of carbonyl (C=O) groups excluding carboxylic acids is 2. The molecule has 0 bridgehead atoms. The molecule has 0 N–H and O–H groups in total. The summed E-state index contributed by atoms with van der Waals surface area (Å²) < 4.78 is 9.85. The zero-order valence-corrected chi connectivity index (χ0v) is 12.0. The van der Waals surface area contributed by atoms with E-state index in [0.717, 1.165) is 25.7 Å². The fourth-order valence-electron chi connectivity index (χ4n) is 1.38. The Labute approximate surface area is 121 Å². The van der Waals surface area contributed by atoms with Crippen molar-refractivity contribution in [1.29, 1.82) is 0 Å². The van der Waals surface area contributed by atoms with Crippen LogP contribution in [0.2, 0.25) is 0 Å². The Morgan fingerprint density at radius 1 is 0.800 bits per heavy atom. The van der Waals surface area contributed by atoms with Crippen LogP contribution in [0, 0.1) is 0 Å². The minimum Gasteiger partial charge on any atom is -0.461 e. The molecule has 0 unspecified atom stereocenters. The molecule has 0 aliphatic carbocycles. The molecule has 0 spiro atoms. The van der Waals surface area contributed by atoms with Gasteiger partial charge in [-0.15, -0.1) is 6.58 Å². The van der Waals surface area contributed by atoms with Gasteiger partial charge in [0.2, 0.25) is 0 Å². The van der Waals surface area contributed by atoms with Crippen LogP contribution in [0.1, 0.15) is 38.5 Å². The highest BCUT2D eigenvalue weighted by atomic mass is 16.5. The van der Waals surface area contributed by atoms with Crippen molar-refractivity contribution >= 4 is 11.9 Å². The van der Waals surface area contributed by atoms with Crippen molar-refractivity contribution in [2.45, 2.75) is 38.5 Å². The number of unbranched alkanes of at least 4 members (excludes halogenated alkanes) is 2. The van der Waals surface area contributed by atoms with Crippen LogP contribution in [-0.4, -0.2) is 25.2 Å². The molecule has 0 saturated heterocycles. The predicted molar refractivity (Wildman–Crippen MR) is 79.2 cm³/mol. The van der Waals surface area contributed by atoms with Gasteiger partial charge in [-0.2, -0.15) is 0 Å². The highest BCUT2D eigenvalue weighted by molar-refractivity contribution is 5.69. The first-order valence-electron chi connectivity index (χ1n) is 6.88. The topological polar surface area (TPSA) is 52.6 Å². The second-order valence-electron chi connectivity index (χ2n) is 4.20. The highest BCUT2D eigenvalue weighted by Crippen LogP contribution is 2.00. The van der Waals surface area contributed by atoms with Crippen LogP contribution in [0.5, 0.6) is 0 Å². The number of allylic oxidation sites excluding steroid dienone is 2. The fraction of sp³-hybridized carbons (Fsp3) is 0.500. The Morgan fingerprint density at radius 3 is 2.00 bits per heavy atom. The summed E-state index contributed by atoms with van der Waals surface area (Å²) in [5.74, 6) is -0.406. The lowest BCUT2D eigenvalue weighted by molar-refractivity contribution is -0.143. The molecule has 0 amide bonds.